The molecule has 0 radical (unpaired) electrons. The standard InChI is InChI=1S/C12H22N2O3/c1-3-4-5-10(12(16)17)14-11(15)9-7-13-6-8(9)2/h8-10,13H,3-7H2,1-2H3,(H,14,15)(H,16,17)/t8?,9?,10-/m0/s1. The fraction of sp³-hybridized carbons (Fsp3) is 0.833. The second-order valence-electron chi connectivity index (χ2n) is 4.78. The van der Waals surface area contributed by atoms with Gasteiger partial charge in [-0.25, -0.2) is 4.79 Å². The van der Waals surface area contributed by atoms with E-state index >= 15 is 0 Å². The summed E-state index contributed by atoms with van der Waals surface area (Å²) in [5, 5.41) is 14.8. The van der Waals surface area contributed by atoms with Crippen LogP contribution in [0.2, 0.25) is 0 Å². The minimum absolute atomic E-state index is 0.0986. The molecule has 3 atom stereocenters. The molecule has 1 heterocycles. The number of aliphatic carboxylic acids is 1. The van der Waals surface area contributed by atoms with Crippen LogP contribution in [0.15, 0.2) is 0 Å². The van der Waals surface area contributed by atoms with E-state index in [2.05, 4.69) is 10.6 Å². The lowest BCUT2D eigenvalue weighted by atomic mass is 9.96. The van der Waals surface area contributed by atoms with Gasteiger partial charge in [0.1, 0.15) is 6.04 Å². The molecule has 0 aliphatic carbocycles. The number of hydrogen-bond acceptors (Lipinski definition) is 3. The predicted molar refractivity (Wildman–Crippen MR) is 64.6 cm³/mol. The summed E-state index contributed by atoms with van der Waals surface area (Å²) in [6.45, 7) is 5.48. The van der Waals surface area contributed by atoms with E-state index in [1.54, 1.807) is 0 Å². The molecular formula is C12H22N2O3. The molecule has 1 aliphatic heterocycles. The third-order valence-corrected chi connectivity index (χ3v) is 3.32. The fourth-order valence-corrected chi connectivity index (χ4v) is 2.11. The molecule has 0 aromatic carbocycles. The molecule has 0 aromatic rings. The van der Waals surface area contributed by atoms with Gasteiger partial charge in [-0.1, -0.05) is 26.7 Å². The zero-order valence-corrected chi connectivity index (χ0v) is 10.5. The SMILES string of the molecule is CCCC[C@H](NC(=O)C1CNCC1C)C(=O)O. The Hall–Kier alpha value is -1.10. The Kier molecular flexibility index (Phi) is 5.41. The van der Waals surface area contributed by atoms with Gasteiger partial charge in [0.25, 0.3) is 0 Å². The molecule has 98 valence electrons. The highest BCUT2D eigenvalue weighted by Crippen LogP contribution is 2.16. The van der Waals surface area contributed by atoms with Crippen LogP contribution in [0, 0.1) is 11.8 Å². The molecule has 1 saturated heterocycles. The highest BCUT2D eigenvalue weighted by Gasteiger charge is 2.31. The first-order chi connectivity index (χ1) is 8.06. The molecule has 17 heavy (non-hydrogen) atoms. The van der Waals surface area contributed by atoms with Crippen molar-refractivity contribution < 1.29 is 14.7 Å². The van der Waals surface area contributed by atoms with Crippen LogP contribution in [0.5, 0.6) is 0 Å². The van der Waals surface area contributed by atoms with Gasteiger partial charge in [0.15, 0.2) is 0 Å². The topological polar surface area (TPSA) is 78.4 Å². The monoisotopic (exact) mass is 242 g/mol. The minimum Gasteiger partial charge on any atom is -0.480 e. The summed E-state index contributed by atoms with van der Waals surface area (Å²) in [5.41, 5.74) is 0. The average Bonchev–Trinajstić information content (AvgIpc) is 2.70. The Bertz CT molecular complexity index is 281. The van der Waals surface area contributed by atoms with Crippen molar-refractivity contribution in [3.63, 3.8) is 0 Å². The van der Waals surface area contributed by atoms with Crippen molar-refractivity contribution in [1.82, 2.24) is 10.6 Å². The van der Waals surface area contributed by atoms with E-state index in [0.717, 1.165) is 19.4 Å². The molecule has 1 fully saturated rings. The largest absolute Gasteiger partial charge is 0.480 e. The third kappa shape index (κ3) is 4.00. The molecule has 1 rings (SSSR count). The Balaban J connectivity index is 2.48. The molecule has 5 nitrogen and oxygen atoms in total. The van der Waals surface area contributed by atoms with Crippen LogP contribution in [0.25, 0.3) is 0 Å². The van der Waals surface area contributed by atoms with Crippen LogP contribution in [-0.2, 0) is 9.59 Å². The number of hydrogen-bond donors (Lipinski definition) is 3. The zero-order valence-electron chi connectivity index (χ0n) is 10.5. The molecule has 5 heteroatoms. The first-order valence-electron chi connectivity index (χ1n) is 6.30. The maximum Gasteiger partial charge on any atom is 0.326 e. The molecule has 2 unspecified atom stereocenters. The van der Waals surface area contributed by atoms with E-state index in [0.29, 0.717) is 13.0 Å². The highest BCUT2D eigenvalue weighted by molar-refractivity contribution is 5.85. The van der Waals surface area contributed by atoms with Crippen LogP contribution in [-0.4, -0.2) is 36.1 Å². The molecule has 0 saturated carbocycles. The fourth-order valence-electron chi connectivity index (χ4n) is 2.11. The van der Waals surface area contributed by atoms with Gasteiger partial charge in [0, 0.05) is 6.54 Å². The van der Waals surface area contributed by atoms with Gasteiger partial charge in [0.05, 0.1) is 5.92 Å². The van der Waals surface area contributed by atoms with E-state index in [9.17, 15) is 9.59 Å². The summed E-state index contributed by atoms with van der Waals surface area (Å²) in [4.78, 5) is 22.9. The summed E-state index contributed by atoms with van der Waals surface area (Å²) >= 11 is 0. The third-order valence-electron chi connectivity index (χ3n) is 3.32. The number of carbonyl (C=O) groups excluding carboxylic acids is 1. The summed E-state index contributed by atoms with van der Waals surface area (Å²) < 4.78 is 0. The Morgan fingerprint density at radius 3 is 2.65 bits per heavy atom. The number of amides is 1. The van der Waals surface area contributed by atoms with Crippen LogP contribution in [0.3, 0.4) is 0 Å². The number of carboxylic acid groups (broad SMARTS) is 1. The Morgan fingerprint density at radius 2 is 2.18 bits per heavy atom. The maximum absolute atomic E-state index is 11.9. The van der Waals surface area contributed by atoms with Crippen LogP contribution < -0.4 is 10.6 Å². The lowest BCUT2D eigenvalue weighted by Crippen LogP contribution is -2.45. The molecule has 1 amide bonds. The summed E-state index contributed by atoms with van der Waals surface area (Å²) in [7, 11) is 0. The van der Waals surface area contributed by atoms with E-state index in [1.165, 1.54) is 0 Å². The lowest BCUT2D eigenvalue weighted by Gasteiger charge is -2.19. The Morgan fingerprint density at radius 1 is 1.47 bits per heavy atom. The van der Waals surface area contributed by atoms with Crippen molar-refractivity contribution in [3.8, 4) is 0 Å². The van der Waals surface area contributed by atoms with Crippen molar-refractivity contribution in [2.75, 3.05) is 13.1 Å². The van der Waals surface area contributed by atoms with Gasteiger partial charge in [-0.3, -0.25) is 4.79 Å². The molecule has 0 aromatic heterocycles. The van der Waals surface area contributed by atoms with Gasteiger partial charge >= 0.3 is 5.97 Å². The average molecular weight is 242 g/mol. The second kappa shape index (κ2) is 6.59. The smallest absolute Gasteiger partial charge is 0.326 e. The highest BCUT2D eigenvalue weighted by atomic mass is 16.4. The van der Waals surface area contributed by atoms with Gasteiger partial charge in [-0.15, -0.1) is 0 Å². The molecule has 0 spiro atoms. The molecular weight excluding hydrogens is 220 g/mol. The van der Waals surface area contributed by atoms with Crippen molar-refractivity contribution in [3.05, 3.63) is 0 Å². The van der Waals surface area contributed by atoms with Crippen molar-refractivity contribution in [1.29, 1.82) is 0 Å². The predicted octanol–water partition coefficient (Wildman–Crippen LogP) is 0.601. The summed E-state index contributed by atoms with van der Waals surface area (Å²) in [6.07, 6.45) is 2.25. The van der Waals surface area contributed by atoms with Crippen molar-refractivity contribution in [2.45, 2.75) is 39.2 Å². The first kappa shape index (κ1) is 14.0. The van der Waals surface area contributed by atoms with Gasteiger partial charge in [-0.05, 0) is 18.9 Å². The molecule has 3 N–H and O–H groups in total. The minimum atomic E-state index is -0.939. The second-order valence-corrected chi connectivity index (χ2v) is 4.78. The number of nitrogens with one attached hydrogen (secondary N) is 2. The first-order valence-corrected chi connectivity index (χ1v) is 6.30. The van der Waals surface area contributed by atoms with Crippen molar-refractivity contribution >= 4 is 11.9 Å². The molecule has 0 bridgehead atoms. The van der Waals surface area contributed by atoms with E-state index < -0.39 is 12.0 Å². The summed E-state index contributed by atoms with van der Waals surface area (Å²) in [6, 6.07) is -0.741. The zero-order chi connectivity index (χ0) is 12.8. The molecule has 1 aliphatic rings. The van der Waals surface area contributed by atoms with Gasteiger partial charge in [0.2, 0.25) is 5.91 Å². The van der Waals surface area contributed by atoms with E-state index in [-0.39, 0.29) is 17.7 Å². The quantitative estimate of drug-likeness (QED) is 0.637. The number of carboxylic acids is 1. The van der Waals surface area contributed by atoms with Crippen LogP contribution in [0.1, 0.15) is 33.1 Å². The van der Waals surface area contributed by atoms with Crippen molar-refractivity contribution in [2.24, 2.45) is 11.8 Å². The maximum atomic E-state index is 11.9. The van der Waals surface area contributed by atoms with Crippen LogP contribution >= 0.6 is 0 Å². The van der Waals surface area contributed by atoms with E-state index in [1.807, 2.05) is 13.8 Å². The van der Waals surface area contributed by atoms with E-state index in [4.69, 9.17) is 5.11 Å². The number of rotatable bonds is 6. The van der Waals surface area contributed by atoms with Crippen LogP contribution in [0.4, 0.5) is 0 Å². The number of carbonyl (C=O) groups is 2. The Labute approximate surface area is 102 Å². The van der Waals surface area contributed by atoms with Gasteiger partial charge < -0.3 is 15.7 Å². The lowest BCUT2D eigenvalue weighted by molar-refractivity contribution is -0.142. The van der Waals surface area contributed by atoms with Gasteiger partial charge in [-0.2, -0.15) is 0 Å². The summed E-state index contributed by atoms with van der Waals surface area (Å²) in [5.74, 6) is -0.898. The normalized spacial score (nSPS) is 25.5. The number of unbranched alkanes of at least 4 members (excludes halogenated alkanes) is 1.